The number of nitrogens with zero attached hydrogens (tertiary/aromatic N) is 2. The van der Waals surface area contributed by atoms with E-state index in [1.165, 1.54) is 0 Å². The van der Waals surface area contributed by atoms with E-state index in [9.17, 15) is 0 Å². The summed E-state index contributed by atoms with van der Waals surface area (Å²) in [5.74, 6) is 2.38. The maximum Gasteiger partial charge on any atom is 0.225 e. The second kappa shape index (κ2) is 7.28. The molecule has 2 N–H and O–H groups in total. The fraction of sp³-hybridized carbons (Fsp3) is 0.294. The lowest BCUT2D eigenvalue weighted by Crippen LogP contribution is -2.15. The molecule has 1 aromatic carbocycles. The maximum absolute atomic E-state index is 5.70. The van der Waals surface area contributed by atoms with E-state index < -0.39 is 0 Å². The number of aromatic nitrogens is 2. The normalized spacial score (nSPS) is 10.9. The maximum atomic E-state index is 5.70. The van der Waals surface area contributed by atoms with Crippen molar-refractivity contribution in [3.8, 4) is 5.75 Å². The highest BCUT2D eigenvalue weighted by molar-refractivity contribution is 7.17. The van der Waals surface area contributed by atoms with Crippen LogP contribution in [-0.4, -0.2) is 29.2 Å². The zero-order chi connectivity index (χ0) is 16.1. The predicted octanol–water partition coefficient (Wildman–Crippen LogP) is 4.00. The van der Waals surface area contributed by atoms with Gasteiger partial charge in [-0.2, -0.15) is 4.98 Å². The van der Waals surface area contributed by atoms with Gasteiger partial charge in [0.2, 0.25) is 5.95 Å². The second-order valence-corrected chi connectivity index (χ2v) is 6.33. The van der Waals surface area contributed by atoms with Gasteiger partial charge in [0.25, 0.3) is 0 Å². The number of anilines is 2. The monoisotopic (exact) mass is 328 g/mol. The van der Waals surface area contributed by atoms with E-state index in [0.29, 0.717) is 25.1 Å². The van der Waals surface area contributed by atoms with Crippen LogP contribution in [0.5, 0.6) is 5.75 Å². The van der Waals surface area contributed by atoms with Crippen LogP contribution in [0.1, 0.15) is 13.8 Å². The van der Waals surface area contributed by atoms with Crippen LogP contribution in [-0.2, 0) is 0 Å². The molecular formula is C17H20N4OS. The molecule has 0 aliphatic heterocycles. The third-order valence-electron chi connectivity index (χ3n) is 3.13. The highest BCUT2D eigenvalue weighted by atomic mass is 32.1. The highest BCUT2D eigenvalue weighted by Crippen LogP contribution is 2.27. The fourth-order valence-electron chi connectivity index (χ4n) is 2.16. The number of nitrogens with one attached hydrogen (secondary N) is 2. The molecule has 120 valence electrons. The first-order chi connectivity index (χ1) is 11.2. The van der Waals surface area contributed by atoms with Crippen molar-refractivity contribution in [2.75, 3.05) is 23.8 Å². The standard InChI is InChI=1S/C17H20N4OS/c1-12(2)19-17-20-14-8-11-23-15(14)16(21-17)18-9-10-22-13-6-4-3-5-7-13/h3-8,11-12H,9-10H2,1-2H3,(H2,18,19,20,21). The lowest BCUT2D eigenvalue weighted by molar-refractivity contribution is 0.333. The minimum absolute atomic E-state index is 0.292. The Labute approximate surface area is 139 Å². The van der Waals surface area contributed by atoms with Gasteiger partial charge in [0.1, 0.15) is 18.2 Å². The Morgan fingerprint density at radius 1 is 1.13 bits per heavy atom. The van der Waals surface area contributed by atoms with Crippen LogP contribution < -0.4 is 15.4 Å². The van der Waals surface area contributed by atoms with Gasteiger partial charge in [-0.1, -0.05) is 18.2 Å². The summed E-state index contributed by atoms with van der Waals surface area (Å²) in [6, 6.07) is 12.1. The summed E-state index contributed by atoms with van der Waals surface area (Å²) < 4.78 is 6.77. The third-order valence-corrected chi connectivity index (χ3v) is 4.04. The van der Waals surface area contributed by atoms with Crippen molar-refractivity contribution in [1.29, 1.82) is 0 Å². The summed E-state index contributed by atoms with van der Waals surface area (Å²) in [4.78, 5) is 9.11. The zero-order valence-electron chi connectivity index (χ0n) is 13.2. The summed E-state index contributed by atoms with van der Waals surface area (Å²) in [5, 5.41) is 8.64. The molecule has 5 nitrogen and oxygen atoms in total. The van der Waals surface area contributed by atoms with Crippen molar-refractivity contribution in [1.82, 2.24) is 9.97 Å². The molecule has 0 amide bonds. The van der Waals surface area contributed by atoms with E-state index in [1.54, 1.807) is 11.3 Å². The van der Waals surface area contributed by atoms with E-state index >= 15 is 0 Å². The Hall–Kier alpha value is -2.34. The highest BCUT2D eigenvalue weighted by Gasteiger charge is 2.09. The predicted molar refractivity (Wildman–Crippen MR) is 96.6 cm³/mol. The first kappa shape index (κ1) is 15.6. The van der Waals surface area contributed by atoms with Crippen molar-refractivity contribution < 1.29 is 4.74 Å². The van der Waals surface area contributed by atoms with Gasteiger partial charge in [0.15, 0.2) is 0 Å². The van der Waals surface area contributed by atoms with E-state index in [0.717, 1.165) is 21.8 Å². The molecule has 0 saturated heterocycles. The third kappa shape index (κ3) is 4.10. The number of benzene rings is 1. The first-order valence-corrected chi connectivity index (χ1v) is 8.54. The van der Waals surface area contributed by atoms with Gasteiger partial charge in [-0.25, -0.2) is 4.98 Å². The van der Waals surface area contributed by atoms with Crippen molar-refractivity contribution in [2.24, 2.45) is 0 Å². The number of rotatable bonds is 7. The van der Waals surface area contributed by atoms with Gasteiger partial charge in [-0.05, 0) is 37.4 Å². The van der Waals surface area contributed by atoms with Crippen molar-refractivity contribution >= 4 is 33.3 Å². The summed E-state index contributed by atoms with van der Waals surface area (Å²) in [6.45, 7) is 5.40. The molecule has 0 atom stereocenters. The molecule has 0 unspecified atom stereocenters. The Morgan fingerprint density at radius 3 is 2.74 bits per heavy atom. The minimum Gasteiger partial charge on any atom is -0.492 e. The molecule has 23 heavy (non-hydrogen) atoms. The molecule has 0 spiro atoms. The molecule has 2 heterocycles. The lowest BCUT2D eigenvalue weighted by Gasteiger charge is -2.12. The van der Waals surface area contributed by atoms with Gasteiger partial charge >= 0.3 is 0 Å². The number of thiophene rings is 1. The SMILES string of the molecule is CC(C)Nc1nc(NCCOc2ccccc2)c2sccc2n1. The van der Waals surface area contributed by atoms with E-state index in [4.69, 9.17) is 4.74 Å². The molecule has 3 rings (SSSR count). The topological polar surface area (TPSA) is 59.1 Å². The lowest BCUT2D eigenvalue weighted by atomic mass is 10.3. The Balaban J connectivity index is 1.65. The molecular weight excluding hydrogens is 308 g/mol. The van der Waals surface area contributed by atoms with Gasteiger partial charge in [0, 0.05) is 6.04 Å². The van der Waals surface area contributed by atoms with Crippen molar-refractivity contribution in [2.45, 2.75) is 19.9 Å². The minimum atomic E-state index is 0.292. The Kier molecular flexibility index (Phi) is 4.92. The van der Waals surface area contributed by atoms with E-state index in [2.05, 4.69) is 34.4 Å². The zero-order valence-corrected chi connectivity index (χ0v) is 14.1. The van der Waals surface area contributed by atoms with E-state index in [-0.39, 0.29) is 0 Å². The molecule has 0 radical (unpaired) electrons. The van der Waals surface area contributed by atoms with Crippen LogP contribution in [0.2, 0.25) is 0 Å². The van der Waals surface area contributed by atoms with Gasteiger partial charge in [-0.3, -0.25) is 0 Å². The van der Waals surface area contributed by atoms with Crippen LogP contribution >= 0.6 is 11.3 Å². The van der Waals surface area contributed by atoms with Crippen LogP contribution in [0.15, 0.2) is 41.8 Å². The number of hydrogen-bond acceptors (Lipinski definition) is 6. The van der Waals surface area contributed by atoms with Gasteiger partial charge in [-0.15, -0.1) is 11.3 Å². The second-order valence-electron chi connectivity index (χ2n) is 5.42. The van der Waals surface area contributed by atoms with Crippen molar-refractivity contribution in [3.05, 3.63) is 41.8 Å². The van der Waals surface area contributed by atoms with Crippen molar-refractivity contribution in [3.63, 3.8) is 0 Å². The average Bonchev–Trinajstić information content (AvgIpc) is 3.00. The molecule has 0 bridgehead atoms. The molecule has 0 aliphatic carbocycles. The Bertz CT molecular complexity index is 758. The summed E-state index contributed by atoms with van der Waals surface area (Å²) in [5.41, 5.74) is 0.958. The van der Waals surface area contributed by atoms with Gasteiger partial charge in [0.05, 0.1) is 16.8 Å². The summed E-state index contributed by atoms with van der Waals surface area (Å²) in [7, 11) is 0. The smallest absolute Gasteiger partial charge is 0.225 e. The quantitative estimate of drug-likeness (QED) is 0.642. The number of para-hydroxylation sites is 1. The van der Waals surface area contributed by atoms with Gasteiger partial charge < -0.3 is 15.4 Å². The summed E-state index contributed by atoms with van der Waals surface area (Å²) in [6.07, 6.45) is 0. The Morgan fingerprint density at radius 2 is 1.96 bits per heavy atom. The molecule has 3 aromatic rings. The van der Waals surface area contributed by atoms with Crippen LogP contribution in [0.4, 0.5) is 11.8 Å². The molecule has 0 aliphatic rings. The summed E-state index contributed by atoms with van der Waals surface area (Å²) >= 11 is 1.64. The fourth-order valence-corrected chi connectivity index (χ4v) is 2.96. The molecule has 6 heteroatoms. The van der Waals surface area contributed by atoms with Crippen LogP contribution in [0.3, 0.4) is 0 Å². The number of ether oxygens (including phenoxy) is 1. The number of hydrogen-bond donors (Lipinski definition) is 2. The molecule has 0 saturated carbocycles. The van der Waals surface area contributed by atoms with E-state index in [1.807, 2.05) is 41.8 Å². The van der Waals surface area contributed by atoms with Crippen LogP contribution in [0, 0.1) is 0 Å². The molecule has 0 fully saturated rings. The largest absolute Gasteiger partial charge is 0.492 e. The average molecular weight is 328 g/mol. The molecule has 2 aromatic heterocycles. The first-order valence-electron chi connectivity index (χ1n) is 7.66. The number of fused-ring (bicyclic) bond motifs is 1. The van der Waals surface area contributed by atoms with Crippen LogP contribution in [0.25, 0.3) is 10.2 Å².